The molecule has 1 aliphatic rings. The quantitative estimate of drug-likeness (QED) is 0.231. The fourth-order valence-electron chi connectivity index (χ4n) is 3.14. The summed E-state index contributed by atoms with van der Waals surface area (Å²) in [5.41, 5.74) is 1.78. The molecule has 0 unspecified atom stereocenters. The molecule has 2 aromatic rings. The fraction of sp³-hybridized carbons (Fsp3) is 0.429. The lowest BCUT2D eigenvalue weighted by Gasteiger charge is -2.31. The third-order valence-corrected chi connectivity index (χ3v) is 9.41. The van der Waals surface area contributed by atoms with Crippen LogP contribution in [-0.2, 0) is 38.1 Å². The van der Waals surface area contributed by atoms with Gasteiger partial charge in [-0.25, -0.2) is 0 Å². The van der Waals surface area contributed by atoms with Gasteiger partial charge in [0.05, 0.1) is 22.0 Å². The van der Waals surface area contributed by atoms with Gasteiger partial charge in [-0.15, -0.1) is 0 Å². The van der Waals surface area contributed by atoms with Gasteiger partial charge in [0.25, 0.3) is 20.2 Å². The van der Waals surface area contributed by atoms with Crippen LogP contribution in [0.3, 0.4) is 0 Å². The minimum Gasteiger partial charge on any atom is -0.349 e. The van der Waals surface area contributed by atoms with Crippen molar-refractivity contribution in [3.8, 4) is 0 Å². The summed E-state index contributed by atoms with van der Waals surface area (Å²) in [5, 5.41) is 0. The number of ether oxygens (including phenoxy) is 2. The lowest BCUT2D eigenvalue weighted by Crippen LogP contribution is -2.49. The summed E-state index contributed by atoms with van der Waals surface area (Å²) in [6.07, 6.45) is -4.07. The smallest absolute Gasteiger partial charge is 0.297 e. The van der Waals surface area contributed by atoms with Crippen molar-refractivity contribution in [2.24, 2.45) is 0 Å². The summed E-state index contributed by atoms with van der Waals surface area (Å²) < 4.78 is 75.5. The molecule has 4 atom stereocenters. The molecule has 0 bridgehead atoms. The third-order valence-electron chi connectivity index (χ3n) is 5.02. The van der Waals surface area contributed by atoms with Gasteiger partial charge in [0, 0.05) is 8.86 Å². The summed E-state index contributed by atoms with van der Waals surface area (Å²) in [5.74, 6) is 0. The Morgan fingerprint density at radius 3 is 1.36 bits per heavy atom. The molecule has 0 N–H and O–H groups in total. The zero-order valence-electron chi connectivity index (χ0n) is 17.9. The van der Waals surface area contributed by atoms with E-state index in [2.05, 4.69) is 0 Å². The van der Waals surface area contributed by atoms with Gasteiger partial charge in [0.1, 0.15) is 19.0 Å². The van der Waals surface area contributed by atoms with Crippen molar-refractivity contribution in [1.29, 1.82) is 0 Å². The highest BCUT2D eigenvalue weighted by Crippen LogP contribution is 2.30. The fourth-order valence-corrected chi connectivity index (χ4v) is 6.86. The Kier molecular flexibility index (Phi) is 9.56. The number of hydrogen-bond acceptors (Lipinski definition) is 8. The molecule has 1 aliphatic heterocycles. The van der Waals surface area contributed by atoms with Crippen LogP contribution in [0.25, 0.3) is 0 Å². The predicted molar refractivity (Wildman–Crippen MR) is 139 cm³/mol. The molecule has 0 amide bonds. The first kappa shape index (κ1) is 27.2. The van der Waals surface area contributed by atoms with Gasteiger partial charge >= 0.3 is 0 Å². The summed E-state index contributed by atoms with van der Waals surface area (Å²) in [4.78, 5) is -0.0896. The normalized spacial score (nSPS) is 24.4. The second-order valence-corrected chi connectivity index (χ2v) is 12.4. The molecular weight excluding hydrogens is 698 g/mol. The summed E-state index contributed by atoms with van der Waals surface area (Å²) >= 11 is 4.06. The Morgan fingerprint density at radius 2 is 1.06 bits per heavy atom. The molecule has 182 valence electrons. The van der Waals surface area contributed by atoms with Gasteiger partial charge < -0.3 is 9.47 Å². The minimum absolute atomic E-state index is 0.0448. The first-order valence-corrected chi connectivity index (χ1v) is 15.8. The van der Waals surface area contributed by atoms with Gasteiger partial charge in [-0.1, -0.05) is 80.6 Å². The maximum absolute atomic E-state index is 13.1. The average Bonchev–Trinajstić information content (AvgIpc) is 2.92. The number of aryl methyl sites for hydroxylation is 2. The molecule has 0 saturated carbocycles. The summed E-state index contributed by atoms with van der Waals surface area (Å²) in [6.45, 7) is 3.53. The number of alkyl halides is 2. The Hall–Kier alpha value is -0.360. The summed E-state index contributed by atoms with van der Waals surface area (Å²) in [6, 6.07) is 12.4. The van der Waals surface area contributed by atoms with Crippen LogP contribution in [0, 0.1) is 13.8 Å². The van der Waals surface area contributed by atoms with Gasteiger partial charge in [-0.2, -0.15) is 16.8 Å². The van der Waals surface area contributed by atoms with E-state index in [0.29, 0.717) is 8.86 Å². The maximum Gasteiger partial charge on any atom is 0.297 e. The molecule has 1 heterocycles. The van der Waals surface area contributed by atoms with Gasteiger partial charge in [0.2, 0.25) is 0 Å². The SMILES string of the molecule is Cc1ccc(S(=O)(=O)O[C@@H]2[C@@H](OS(=O)(=O)c3ccc(C)cc3)[C@@H](CI)OCO[C@H]2CI)cc1. The van der Waals surface area contributed by atoms with E-state index in [-0.39, 0.29) is 16.6 Å². The number of rotatable bonds is 8. The molecule has 0 aromatic heterocycles. The maximum atomic E-state index is 13.1. The number of benzene rings is 2. The van der Waals surface area contributed by atoms with Crippen molar-refractivity contribution in [2.45, 2.75) is 48.1 Å². The molecular formula is C21H24I2O8S2. The molecule has 2 aromatic carbocycles. The zero-order chi connectivity index (χ0) is 24.2. The zero-order valence-corrected chi connectivity index (χ0v) is 23.8. The first-order valence-electron chi connectivity index (χ1n) is 9.92. The van der Waals surface area contributed by atoms with E-state index >= 15 is 0 Å². The molecule has 0 aliphatic carbocycles. The molecule has 0 spiro atoms. The van der Waals surface area contributed by atoms with Crippen LogP contribution >= 0.6 is 45.2 Å². The largest absolute Gasteiger partial charge is 0.349 e. The van der Waals surface area contributed by atoms with Gasteiger partial charge in [-0.3, -0.25) is 8.37 Å². The second-order valence-electron chi connectivity index (χ2n) is 7.49. The molecule has 0 radical (unpaired) electrons. The Labute approximate surface area is 221 Å². The third kappa shape index (κ3) is 6.86. The molecule has 33 heavy (non-hydrogen) atoms. The van der Waals surface area contributed by atoms with E-state index < -0.39 is 44.7 Å². The standard InChI is InChI=1S/C21H24I2O8S2/c1-14-3-7-16(8-4-14)32(24,25)30-20-18(11-22)28-13-29-19(12-23)21(20)31-33(26,27)17-9-5-15(2)6-10-17/h3-10,18-21H,11-13H2,1-2H3/t18-,19+,20-,21-/m0/s1. The molecule has 8 nitrogen and oxygen atoms in total. The van der Waals surface area contributed by atoms with Gasteiger partial charge in [0.15, 0.2) is 0 Å². The first-order chi connectivity index (χ1) is 15.6. The molecule has 1 fully saturated rings. The van der Waals surface area contributed by atoms with Crippen LogP contribution in [0.4, 0.5) is 0 Å². The Bertz CT molecular complexity index is 1040. The van der Waals surface area contributed by atoms with Crippen LogP contribution in [0.2, 0.25) is 0 Å². The lowest BCUT2D eigenvalue weighted by atomic mass is 10.1. The van der Waals surface area contributed by atoms with Crippen LogP contribution in [0.5, 0.6) is 0 Å². The van der Waals surface area contributed by atoms with Crippen molar-refractivity contribution in [1.82, 2.24) is 0 Å². The average molecular weight is 722 g/mol. The highest BCUT2D eigenvalue weighted by atomic mass is 127. The van der Waals surface area contributed by atoms with Crippen LogP contribution in [0.15, 0.2) is 58.3 Å². The second kappa shape index (κ2) is 11.6. The van der Waals surface area contributed by atoms with E-state index in [9.17, 15) is 16.8 Å². The van der Waals surface area contributed by atoms with Gasteiger partial charge in [-0.05, 0) is 38.1 Å². The van der Waals surface area contributed by atoms with E-state index in [1.165, 1.54) is 24.3 Å². The van der Waals surface area contributed by atoms with Crippen molar-refractivity contribution in [2.75, 3.05) is 15.6 Å². The summed E-state index contributed by atoms with van der Waals surface area (Å²) in [7, 11) is -8.48. The Balaban J connectivity index is 1.99. The molecule has 12 heteroatoms. The highest BCUT2D eigenvalue weighted by Gasteiger charge is 2.45. The lowest BCUT2D eigenvalue weighted by molar-refractivity contribution is -0.0912. The van der Waals surface area contributed by atoms with E-state index in [1.54, 1.807) is 24.3 Å². The van der Waals surface area contributed by atoms with Crippen LogP contribution < -0.4 is 0 Å². The van der Waals surface area contributed by atoms with Crippen molar-refractivity contribution < 1.29 is 34.7 Å². The number of hydrogen-bond donors (Lipinski definition) is 0. The van der Waals surface area contributed by atoms with Crippen molar-refractivity contribution in [3.63, 3.8) is 0 Å². The topological polar surface area (TPSA) is 105 Å². The minimum atomic E-state index is -4.24. The van der Waals surface area contributed by atoms with E-state index in [1.807, 2.05) is 59.0 Å². The van der Waals surface area contributed by atoms with Crippen LogP contribution in [0.1, 0.15) is 11.1 Å². The van der Waals surface area contributed by atoms with E-state index in [0.717, 1.165) is 11.1 Å². The van der Waals surface area contributed by atoms with E-state index in [4.69, 9.17) is 17.8 Å². The van der Waals surface area contributed by atoms with Crippen molar-refractivity contribution in [3.05, 3.63) is 59.7 Å². The molecule has 3 rings (SSSR count). The van der Waals surface area contributed by atoms with Crippen molar-refractivity contribution >= 4 is 65.4 Å². The Morgan fingerprint density at radius 1 is 0.727 bits per heavy atom. The molecule has 1 saturated heterocycles. The predicted octanol–water partition coefficient (Wildman–Crippen LogP) is 3.76. The number of halogens is 2. The monoisotopic (exact) mass is 722 g/mol. The van der Waals surface area contributed by atoms with Crippen LogP contribution in [-0.4, -0.2) is 56.9 Å². The highest BCUT2D eigenvalue weighted by molar-refractivity contribution is 14.1.